The van der Waals surface area contributed by atoms with Crippen molar-refractivity contribution in [2.24, 2.45) is 0 Å². The zero-order valence-electron chi connectivity index (χ0n) is 11.9. The van der Waals surface area contributed by atoms with Crippen LogP contribution in [0.3, 0.4) is 0 Å². The summed E-state index contributed by atoms with van der Waals surface area (Å²) in [7, 11) is 0. The third-order valence-corrected chi connectivity index (χ3v) is 3.65. The van der Waals surface area contributed by atoms with E-state index >= 15 is 0 Å². The minimum Gasteiger partial charge on any atom is -0.367 e. The largest absolute Gasteiger partial charge is 0.367 e. The van der Waals surface area contributed by atoms with Crippen molar-refractivity contribution >= 4 is 0 Å². The molecule has 3 rings (SSSR count). The fourth-order valence-electron chi connectivity index (χ4n) is 2.74. The summed E-state index contributed by atoms with van der Waals surface area (Å²) in [4.78, 5) is 3.13. The second kappa shape index (κ2) is 5.00. The minimum absolute atomic E-state index is 0.226. The second-order valence-electron chi connectivity index (χ2n) is 5.18. The molecule has 0 aromatic carbocycles. The van der Waals surface area contributed by atoms with Gasteiger partial charge in [-0.25, -0.2) is 0 Å². The average Bonchev–Trinajstić information content (AvgIpc) is 3.11. The highest BCUT2D eigenvalue weighted by atomic mass is 16.5. The molecule has 0 saturated heterocycles. The molecule has 0 fully saturated rings. The van der Waals surface area contributed by atoms with Crippen LogP contribution in [0.25, 0.3) is 0 Å². The first-order valence-corrected chi connectivity index (χ1v) is 6.71. The Morgan fingerprint density at radius 3 is 2.70 bits per heavy atom. The van der Waals surface area contributed by atoms with E-state index in [1.54, 1.807) is 0 Å². The number of aryl methyl sites for hydroxylation is 3. The van der Waals surface area contributed by atoms with Gasteiger partial charge in [0.1, 0.15) is 5.76 Å². The van der Waals surface area contributed by atoms with E-state index in [1.165, 1.54) is 11.1 Å². The first-order valence-electron chi connectivity index (χ1n) is 6.71. The quantitative estimate of drug-likeness (QED) is 0.765. The van der Waals surface area contributed by atoms with Crippen molar-refractivity contribution in [2.45, 2.75) is 33.1 Å². The lowest BCUT2D eigenvalue weighted by Gasteiger charge is -2.15. The zero-order chi connectivity index (χ0) is 14.1. The number of H-pyrrole nitrogens is 2. The van der Waals surface area contributed by atoms with E-state index in [0.29, 0.717) is 0 Å². The minimum atomic E-state index is 0.226. The molecule has 104 valence electrons. The van der Waals surface area contributed by atoms with Gasteiger partial charge in [-0.2, -0.15) is 5.10 Å². The summed E-state index contributed by atoms with van der Waals surface area (Å²) >= 11 is 0. The van der Waals surface area contributed by atoms with E-state index in [9.17, 15) is 0 Å². The molecular weight excluding hydrogens is 252 g/mol. The summed E-state index contributed by atoms with van der Waals surface area (Å²) in [6, 6.07) is 4.09. The van der Waals surface area contributed by atoms with Gasteiger partial charge >= 0.3 is 0 Å². The van der Waals surface area contributed by atoms with E-state index < -0.39 is 0 Å². The van der Waals surface area contributed by atoms with Crippen LogP contribution in [-0.4, -0.2) is 20.3 Å². The highest BCUT2D eigenvalue weighted by Crippen LogP contribution is 2.31. The number of aromatic nitrogens is 4. The van der Waals surface area contributed by atoms with E-state index in [1.807, 2.05) is 32.3 Å². The molecule has 0 aliphatic heterocycles. The summed E-state index contributed by atoms with van der Waals surface area (Å²) in [5.74, 6) is 1.07. The lowest BCUT2D eigenvalue weighted by atomic mass is 9.87. The lowest BCUT2D eigenvalue weighted by molar-refractivity contribution is 0.389. The monoisotopic (exact) mass is 270 g/mol. The van der Waals surface area contributed by atoms with Crippen LogP contribution in [0.5, 0.6) is 0 Å². The topological polar surface area (TPSA) is 70.5 Å². The maximum absolute atomic E-state index is 5.18. The van der Waals surface area contributed by atoms with Gasteiger partial charge in [-0.1, -0.05) is 5.16 Å². The third-order valence-electron chi connectivity index (χ3n) is 3.65. The van der Waals surface area contributed by atoms with Gasteiger partial charge in [0, 0.05) is 42.1 Å². The SMILES string of the molecule is Cc1cc(CC(c2cc[nH]c2)c2c(C)n[nH]c2C)no1. The molecule has 20 heavy (non-hydrogen) atoms. The maximum Gasteiger partial charge on any atom is 0.133 e. The highest BCUT2D eigenvalue weighted by molar-refractivity contribution is 5.37. The molecule has 3 aromatic heterocycles. The summed E-state index contributed by atoms with van der Waals surface area (Å²) < 4.78 is 5.18. The molecule has 1 atom stereocenters. The van der Waals surface area contributed by atoms with Crippen LogP contribution in [0.1, 0.15) is 39.9 Å². The molecule has 1 unspecified atom stereocenters. The Morgan fingerprint density at radius 2 is 2.15 bits per heavy atom. The molecule has 0 amide bonds. The molecule has 3 aromatic rings. The lowest BCUT2D eigenvalue weighted by Crippen LogP contribution is -2.06. The molecule has 3 heterocycles. The van der Waals surface area contributed by atoms with E-state index in [-0.39, 0.29) is 5.92 Å². The first kappa shape index (κ1) is 12.7. The van der Waals surface area contributed by atoms with Crippen molar-refractivity contribution in [1.82, 2.24) is 20.3 Å². The second-order valence-corrected chi connectivity index (χ2v) is 5.18. The number of hydrogen-bond acceptors (Lipinski definition) is 3. The van der Waals surface area contributed by atoms with Crippen molar-refractivity contribution in [3.05, 3.63) is 58.5 Å². The number of hydrogen-bond donors (Lipinski definition) is 2. The van der Waals surface area contributed by atoms with Crippen molar-refractivity contribution < 1.29 is 4.52 Å². The smallest absolute Gasteiger partial charge is 0.133 e. The fourth-order valence-corrected chi connectivity index (χ4v) is 2.74. The van der Waals surface area contributed by atoms with Crippen LogP contribution in [0, 0.1) is 20.8 Å². The Bertz CT molecular complexity index is 674. The molecule has 0 aliphatic rings. The molecule has 5 heteroatoms. The average molecular weight is 270 g/mol. The van der Waals surface area contributed by atoms with Gasteiger partial charge in [-0.15, -0.1) is 0 Å². The van der Waals surface area contributed by atoms with E-state index in [4.69, 9.17) is 4.52 Å². The number of nitrogens with one attached hydrogen (secondary N) is 2. The summed E-state index contributed by atoms with van der Waals surface area (Å²) in [5, 5.41) is 11.5. The Kier molecular flexibility index (Phi) is 3.18. The van der Waals surface area contributed by atoms with Crippen LogP contribution < -0.4 is 0 Å². The molecule has 5 nitrogen and oxygen atoms in total. The molecule has 2 N–H and O–H groups in total. The Hall–Kier alpha value is -2.30. The van der Waals surface area contributed by atoms with Crippen LogP contribution in [0.15, 0.2) is 29.0 Å². The van der Waals surface area contributed by atoms with Crippen LogP contribution >= 0.6 is 0 Å². The van der Waals surface area contributed by atoms with Gasteiger partial charge in [0.25, 0.3) is 0 Å². The first-order chi connectivity index (χ1) is 9.65. The molecule has 0 aliphatic carbocycles. The van der Waals surface area contributed by atoms with Crippen molar-refractivity contribution in [2.75, 3.05) is 0 Å². The molecule has 0 radical (unpaired) electrons. The van der Waals surface area contributed by atoms with Gasteiger partial charge in [0.15, 0.2) is 0 Å². The summed E-state index contributed by atoms with van der Waals surface area (Å²) in [5.41, 5.74) is 5.58. The van der Waals surface area contributed by atoms with Crippen molar-refractivity contribution in [3.8, 4) is 0 Å². The predicted octanol–water partition coefficient (Wildman–Crippen LogP) is 3.03. The standard InChI is InChI=1S/C15H18N4O/c1-9-6-13(19-20-9)7-14(12-4-5-16-8-12)15-10(2)17-18-11(15)3/h4-6,8,14,16H,7H2,1-3H3,(H,17,18). The molecule has 0 saturated carbocycles. The highest BCUT2D eigenvalue weighted by Gasteiger charge is 2.22. The van der Waals surface area contributed by atoms with Crippen molar-refractivity contribution in [1.29, 1.82) is 0 Å². The summed E-state index contributed by atoms with van der Waals surface area (Å²) in [6.45, 7) is 6.01. The Balaban J connectivity index is 2.01. The fraction of sp³-hybridized carbons (Fsp3) is 0.333. The van der Waals surface area contributed by atoms with Crippen LogP contribution in [-0.2, 0) is 6.42 Å². The molecular formula is C15H18N4O. The molecule has 0 bridgehead atoms. The van der Waals surface area contributed by atoms with Crippen LogP contribution in [0.2, 0.25) is 0 Å². The van der Waals surface area contributed by atoms with Gasteiger partial charge < -0.3 is 9.51 Å². The Morgan fingerprint density at radius 1 is 1.30 bits per heavy atom. The van der Waals surface area contributed by atoms with Gasteiger partial charge in [0.05, 0.1) is 11.4 Å². The number of nitrogens with zero attached hydrogens (tertiary/aromatic N) is 2. The van der Waals surface area contributed by atoms with E-state index in [2.05, 4.69) is 33.3 Å². The maximum atomic E-state index is 5.18. The molecule has 0 spiro atoms. The normalized spacial score (nSPS) is 12.8. The van der Waals surface area contributed by atoms with Crippen LogP contribution in [0.4, 0.5) is 0 Å². The predicted molar refractivity (Wildman–Crippen MR) is 75.6 cm³/mol. The summed E-state index contributed by atoms with van der Waals surface area (Å²) in [6.07, 6.45) is 4.78. The van der Waals surface area contributed by atoms with Gasteiger partial charge in [-0.3, -0.25) is 5.10 Å². The van der Waals surface area contributed by atoms with Crippen molar-refractivity contribution in [3.63, 3.8) is 0 Å². The van der Waals surface area contributed by atoms with E-state index in [0.717, 1.165) is 29.3 Å². The van der Waals surface area contributed by atoms with Gasteiger partial charge in [-0.05, 0) is 32.4 Å². The van der Waals surface area contributed by atoms with Gasteiger partial charge in [0.2, 0.25) is 0 Å². The number of rotatable bonds is 4. The Labute approximate surface area is 117 Å². The third kappa shape index (κ3) is 2.27. The number of aromatic amines is 2. The zero-order valence-corrected chi connectivity index (χ0v) is 11.9.